The maximum atomic E-state index is 15.6. The lowest BCUT2D eigenvalue weighted by Gasteiger charge is -2.32. The standard InChI is InChI=1S/C29H30FN5O4S/c1-17-28(34(2)16-33-17)19-12-23-27(32-15-19)25-22(13-20(40(4,36)37)14-24(25)38-3)35(23)29(18-7-10-39-11-8-18)26-21(30)6-5-9-31-26/h5-6,9,12-16,18,29H,7-8,10-11H2,1-4H3/i1D3. The molecule has 1 aliphatic rings. The van der Waals surface area contributed by atoms with Crippen molar-refractivity contribution >= 4 is 31.8 Å². The van der Waals surface area contributed by atoms with Crippen molar-refractivity contribution in [3.8, 4) is 17.0 Å². The van der Waals surface area contributed by atoms with E-state index >= 15 is 4.39 Å². The van der Waals surface area contributed by atoms with Crippen LogP contribution in [0.15, 0.2) is 53.9 Å². The minimum atomic E-state index is -3.67. The lowest BCUT2D eigenvalue weighted by molar-refractivity contribution is 0.0543. The molecule has 9 nitrogen and oxygen atoms in total. The molecule has 4 aromatic heterocycles. The Bertz CT molecular complexity index is 1970. The van der Waals surface area contributed by atoms with E-state index in [0.29, 0.717) is 59.2 Å². The van der Waals surface area contributed by atoms with Crippen molar-refractivity contribution in [1.82, 2.24) is 24.1 Å². The Morgan fingerprint density at radius 2 is 1.98 bits per heavy atom. The number of fused-ring (bicyclic) bond motifs is 3. The van der Waals surface area contributed by atoms with E-state index in [4.69, 9.17) is 18.6 Å². The molecule has 5 aromatic rings. The second-order valence-electron chi connectivity index (χ2n) is 10.1. The van der Waals surface area contributed by atoms with Gasteiger partial charge in [0, 0.05) is 48.6 Å². The number of nitrogens with zero attached hydrogens (tertiary/aromatic N) is 5. The first kappa shape index (κ1) is 22.9. The molecule has 6 rings (SSSR count). The van der Waals surface area contributed by atoms with Crippen molar-refractivity contribution in [3.05, 3.63) is 66.3 Å². The summed E-state index contributed by atoms with van der Waals surface area (Å²) in [7, 11) is -0.523. The van der Waals surface area contributed by atoms with Crippen LogP contribution in [0.5, 0.6) is 5.75 Å². The quantitative estimate of drug-likeness (QED) is 0.289. The number of rotatable bonds is 6. The Kier molecular flexibility index (Phi) is 5.72. The number of hydrogen-bond acceptors (Lipinski definition) is 7. The van der Waals surface area contributed by atoms with Crippen molar-refractivity contribution < 1.29 is 26.4 Å². The number of aromatic nitrogens is 5. The van der Waals surface area contributed by atoms with E-state index < -0.39 is 28.5 Å². The molecule has 1 saturated heterocycles. The number of hydrogen-bond donors (Lipinski definition) is 0. The summed E-state index contributed by atoms with van der Waals surface area (Å²) in [6.07, 6.45) is 6.87. The molecule has 5 heterocycles. The highest BCUT2D eigenvalue weighted by atomic mass is 32.2. The summed E-state index contributed by atoms with van der Waals surface area (Å²) in [5.41, 5.74) is 2.47. The van der Waals surface area contributed by atoms with Crippen molar-refractivity contribution in [1.29, 1.82) is 0 Å². The molecule has 0 N–H and O–H groups in total. The first-order valence-corrected chi connectivity index (χ1v) is 14.7. The predicted octanol–water partition coefficient (Wildman–Crippen LogP) is 4.86. The number of methoxy groups -OCH3 is 1. The highest BCUT2D eigenvalue weighted by Gasteiger charge is 2.34. The zero-order valence-corrected chi connectivity index (χ0v) is 23.1. The van der Waals surface area contributed by atoms with E-state index in [-0.39, 0.29) is 28.0 Å². The highest BCUT2D eigenvalue weighted by Crippen LogP contribution is 2.44. The first-order chi connectivity index (χ1) is 20.4. The Hall–Kier alpha value is -3.83. The van der Waals surface area contributed by atoms with Crippen LogP contribution in [-0.2, 0) is 21.6 Å². The molecule has 0 amide bonds. The second-order valence-corrected chi connectivity index (χ2v) is 12.1. The Labute approximate surface area is 235 Å². The van der Waals surface area contributed by atoms with E-state index in [1.54, 1.807) is 29.9 Å². The van der Waals surface area contributed by atoms with Gasteiger partial charge in [-0.25, -0.2) is 17.8 Å². The molecule has 1 aliphatic heterocycles. The Morgan fingerprint density at radius 3 is 2.67 bits per heavy atom. The van der Waals surface area contributed by atoms with Gasteiger partial charge in [-0.3, -0.25) is 9.97 Å². The minimum absolute atomic E-state index is 0.0321. The fourth-order valence-corrected chi connectivity index (χ4v) is 6.39. The fourth-order valence-electron chi connectivity index (χ4n) is 5.74. The van der Waals surface area contributed by atoms with Gasteiger partial charge in [0.25, 0.3) is 0 Å². The maximum Gasteiger partial charge on any atom is 0.175 e. The van der Waals surface area contributed by atoms with Gasteiger partial charge < -0.3 is 18.6 Å². The average molecular weight is 567 g/mol. The molecular weight excluding hydrogens is 533 g/mol. The van der Waals surface area contributed by atoms with Crippen molar-refractivity contribution in [2.24, 2.45) is 13.0 Å². The molecule has 0 saturated carbocycles. The van der Waals surface area contributed by atoms with Crippen LogP contribution in [0.4, 0.5) is 4.39 Å². The Balaban J connectivity index is 1.77. The summed E-state index contributed by atoms with van der Waals surface area (Å²) in [4.78, 5) is 13.4. The van der Waals surface area contributed by atoms with E-state index in [2.05, 4.69) is 9.97 Å². The molecule has 0 spiro atoms. The molecule has 1 atom stereocenters. The van der Waals surface area contributed by atoms with Crippen LogP contribution in [0.25, 0.3) is 33.2 Å². The molecule has 1 unspecified atom stereocenters. The van der Waals surface area contributed by atoms with Crippen molar-refractivity contribution in [3.63, 3.8) is 0 Å². The van der Waals surface area contributed by atoms with E-state index in [9.17, 15) is 8.42 Å². The van der Waals surface area contributed by atoms with Gasteiger partial charge in [-0.05, 0) is 55.9 Å². The van der Waals surface area contributed by atoms with Gasteiger partial charge >= 0.3 is 0 Å². The molecular formula is C29H30FN5O4S. The van der Waals surface area contributed by atoms with Crippen molar-refractivity contribution in [2.45, 2.75) is 30.6 Å². The van der Waals surface area contributed by atoms with E-state index in [0.717, 1.165) is 6.26 Å². The summed E-state index contributed by atoms with van der Waals surface area (Å²) in [5, 5.41) is 0.547. The molecule has 40 heavy (non-hydrogen) atoms. The number of ether oxygens (including phenoxy) is 2. The van der Waals surface area contributed by atoms with Gasteiger partial charge in [0.2, 0.25) is 0 Å². The number of imidazole rings is 1. The van der Waals surface area contributed by atoms with Gasteiger partial charge in [0.15, 0.2) is 9.84 Å². The number of aryl methyl sites for hydroxylation is 2. The SMILES string of the molecule is [2H]C([2H])([2H])c1ncn(C)c1-c1cnc2c3c(OC)cc(S(C)(=O)=O)cc3n(C(c3ncccc3F)C3CCOCC3)c2c1. The smallest absolute Gasteiger partial charge is 0.175 e. The largest absolute Gasteiger partial charge is 0.496 e. The lowest BCUT2D eigenvalue weighted by Crippen LogP contribution is -2.28. The molecule has 1 fully saturated rings. The van der Waals surface area contributed by atoms with Crippen molar-refractivity contribution in [2.75, 3.05) is 26.6 Å². The molecule has 0 radical (unpaired) electrons. The zero-order chi connectivity index (χ0) is 30.7. The van der Waals surface area contributed by atoms with Crippen LogP contribution >= 0.6 is 0 Å². The summed E-state index contributed by atoms with van der Waals surface area (Å²) in [6, 6.07) is 7.01. The van der Waals surface area contributed by atoms with Crippen LogP contribution in [0.2, 0.25) is 0 Å². The third kappa shape index (κ3) is 4.33. The number of halogens is 1. The summed E-state index contributed by atoms with van der Waals surface area (Å²) >= 11 is 0. The van der Waals surface area contributed by atoms with Crippen LogP contribution < -0.4 is 4.74 Å². The van der Waals surface area contributed by atoms with Crippen LogP contribution in [0, 0.1) is 18.6 Å². The lowest BCUT2D eigenvalue weighted by atomic mass is 9.88. The van der Waals surface area contributed by atoms with E-state index in [1.165, 1.54) is 37.8 Å². The summed E-state index contributed by atoms with van der Waals surface area (Å²) < 4.78 is 80.2. The monoisotopic (exact) mass is 566 g/mol. The topological polar surface area (TPSA) is 101 Å². The fraction of sp³-hybridized carbons (Fsp3) is 0.345. The average Bonchev–Trinajstić information content (AvgIpc) is 3.52. The number of pyridine rings is 2. The molecule has 1 aromatic carbocycles. The zero-order valence-electron chi connectivity index (χ0n) is 25.3. The number of sulfone groups is 1. The minimum Gasteiger partial charge on any atom is -0.496 e. The van der Waals surface area contributed by atoms with Gasteiger partial charge in [0.1, 0.15) is 11.6 Å². The van der Waals surface area contributed by atoms with Crippen LogP contribution in [-0.4, -0.2) is 59.1 Å². The molecule has 0 aliphatic carbocycles. The number of benzene rings is 1. The Morgan fingerprint density at radius 1 is 1.18 bits per heavy atom. The third-order valence-corrected chi connectivity index (χ3v) is 8.69. The summed E-state index contributed by atoms with van der Waals surface area (Å²) in [6.45, 7) is -1.52. The molecule has 208 valence electrons. The first-order valence-electron chi connectivity index (χ1n) is 14.3. The van der Waals surface area contributed by atoms with Gasteiger partial charge in [-0.2, -0.15) is 0 Å². The second kappa shape index (κ2) is 9.97. The summed E-state index contributed by atoms with van der Waals surface area (Å²) in [5.74, 6) is -0.332. The van der Waals surface area contributed by atoms with Gasteiger partial charge in [0.05, 0.1) is 63.4 Å². The van der Waals surface area contributed by atoms with Crippen LogP contribution in [0.3, 0.4) is 0 Å². The predicted molar refractivity (Wildman–Crippen MR) is 150 cm³/mol. The molecule has 0 bridgehead atoms. The van der Waals surface area contributed by atoms with E-state index in [1.807, 2.05) is 4.57 Å². The highest BCUT2D eigenvalue weighted by molar-refractivity contribution is 7.90. The maximum absolute atomic E-state index is 15.6. The van der Waals surface area contributed by atoms with Gasteiger partial charge in [-0.1, -0.05) is 0 Å². The van der Waals surface area contributed by atoms with Crippen LogP contribution in [0.1, 0.15) is 34.4 Å². The normalized spacial score (nSPS) is 17.1. The third-order valence-electron chi connectivity index (χ3n) is 7.59. The molecule has 11 heteroatoms. The van der Waals surface area contributed by atoms with Gasteiger partial charge in [-0.15, -0.1) is 0 Å².